The fourth-order valence-electron chi connectivity index (χ4n) is 8.84. The zero-order valence-electron chi connectivity index (χ0n) is 34.2. The largest absolute Gasteiger partial charge is 0.494 e. The average Bonchev–Trinajstić information content (AvgIpc) is 3.82. The molecule has 0 radical (unpaired) electrons. The first-order chi connectivity index (χ1) is 28.3. The van der Waals surface area contributed by atoms with Crippen molar-refractivity contribution in [1.82, 2.24) is 23.9 Å². The number of pyridine rings is 1. The second kappa shape index (κ2) is 15.9. The molecule has 1 aliphatic rings. The molecule has 1 aliphatic heterocycles. The molecule has 0 saturated heterocycles. The lowest BCUT2D eigenvalue weighted by molar-refractivity contribution is 0.0686. The number of ether oxygens (including phenoxy) is 2. The van der Waals surface area contributed by atoms with E-state index >= 15 is 4.79 Å². The van der Waals surface area contributed by atoms with Gasteiger partial charge in [-0.15, -0.1) is 0 Å². The second-order valence-corrected chi connectivity index (χ2v) is 16.3. The third-order valence-electron chi connectivity index (χ3n) is 11.5. The highest BCUT2D eigenvalue weighted by Gasteiger charge is 2.38. The van der Waals surface area contributed by atoms with Crippen LogP contribution < -0.4 is 9.64 Å². The number of amides is 1. The Morgan fingerprint density at radius 1 is 0.983 bits per heavy atom. The van der Waals surface area contributed by atoms with Crippen molar-refractivity contribution in [2.24, 2.45) is 7.05 Å². The van der Waals surface area contributed by atoms with E-state index in [9.17, 15) is 9.90 Å². The maximum atomic E-state index is 15.6. The van der Waals surface area contributed by atoms with Crippen LogP contribution in [0.4, 0.5) is 5.69 Å². The number of hydrogen-bond acceptors (Lipinski definition) is 6. The van der Waals surface area contributed by atoms with Gasteiger partial charge >= 0.3 is 5.97 Å². The lowest BCUT2D eigenvalue weighted by atomic mass is 9.98. The van der Waals surface area contributed by atoms with Crippen LogP contribution in [0.1, 0.15) is 79.7 Å². The van der Waals surface area contributed by atoms with Gasteiger partial charge in [0.2, 0.25) is 0 Å². The van der Waals surface area contributed by atoms with Gasteiger partial charge in [0.05, 0.1) is 52.9 Å². The average molecular weight is 834 g/mol. The van der Waals surface area contributed by atoms with Crippen LogP contribution >= 0.6 is 23.2 Å². The number of carboxylic acids is 1. The minimum absolute atomic E-state index is 0.0985. The first-order valence-electron chi connectivity index (χ1n) is 19.6. The number of aromatic carboxylic acids is 1. The molecule has 7 aromatic rings. The summed E-state index contributed by atoms with van der Waals surface area (Å²) in [6.45, 7) is 11.3. The van der Waals surface area contributed by atoms with E-state index in [0.717, 1.165) is 66.4 Å². The number of fused-ring (bicyclic) bond motifs is 4. The van der Waals surface area contributed by atoms with Crippen molar-refractivity contribution in [3.8, 4) is 16.9 Å². The van der Waals surface area contributed by atoms with E-state index in [-0.39, 0.29) is 30.8 Å². The molecular weight excluding hydrogens is 787 g/mol. The third kappa shape index (κ3) is 7.04. The molecule has 13 heteroatoms. The number of halogens is 2. The number of hydrogen-bond donors (Lipinski definition) is 1. The van der Waals surface area contributed by atoms with Crippen LogP contribution in [0.5, 0.6) is 5.75 Å². The number of benzene rings is 3. The molecule has 4 aromatic heterocycles. The minimum atomic E-state index is -1.08. The van der Waals surface area contributed by atoms with Crippen LogP contribution in [0, 0.1) is 27.7 Å². The number of aryl methyl sites for hydroxylation is 5. The standard InChI is InChI=1S/C46H46Cl2N6O5/c1-25-17-33(18-26(2)41(25)48)59-16-10-12-34-35-13-14-36(47)40(39-28(4)50-51(6)29(39)5)43(35)54-27(3)22-53(45(55)44(34)54)37-20-30(24-58-7)19-31-21-38(46(56)57)52(42(31)37)23-32-11-8-9-15-49-32/h8-9,11,13-15,17-21,27H,10,12,16,22-24H2,1-7H3,(H,56,57). The molecule has 8 rings (SSSR count). The van der Waals surface area contributed by atoms with Crippen LogP contribution in [0.15, 0.2) is 66.9 Å². The smallest absolute Gasteiger partial charge is 0.352 e. The van der Waals surface area contributed by atoms with E-state index < -0.39 is 5.97 Å². The van der Waals surface area contributed by atoms with Crippen molar-refractivity contribution in [3.63, 3.8) is 0 Å². The van der Waals surface area contributed by atoms with Crippen LogP contribution in [0.25, 0.3) is 32.9 Å². The van der Waals surface area contributed by atoms with Gasteiger partial charge in [-0.05, 0) is 118 Å². The molecule has 1 unspecified atom stereocenters. The number of aromatic nitrogens is 5. The summed E-state index contributed by atoms with van der Waals surface area (Å²) >= 11 is 13.6. The van der Waals surface area contributed by atoms with Crippen LogP contribution in [-0.4, -0.2) is 61.1 Å². The summed E-state index contributed by atoms with van der Waals surface area (Å²) in [7, 11) is 3.54. The second-order valence-electron chi connectivity index (χ2n) is 15.5. The van der Waals surface area contributed by atoms with Crippen molar-refractivity contribution in [3.05, 3.63) is 128 Å². The van der Waals surface area contributed by atoms with Gasteiger partial charge < -0.3 is 28.6 Å². The SMILES string of the molecule is COCc1cc(N2CC(C)n3c(c(CCCOc4cc(C)c(Cl)c(C)c4)c4ccc(Cl)c(-c5c(C)nn(C)c5C)c43)C2=O)c2c(c1)cc(C(=O)O)n2Cc1ccccn1. The summed E-state index contributed by atoms with van der Waals surface area (Å²) < 4.78 is 17.6. The highest BCUT2D eigenvalue weighted by Crippen LogP contribution is 2.46. The van der Waals surface area contributed by atoms with Gasteiger partial charge in [0.15, 0.2) is 0 Å². The van der Waals surface area contributed by atoms with Gasteiger partial charge in [0.25, 0.3) is 5.91 Å². The molecule has 0 saturated carbocycles. The Kier molecular flexibility index (Phi) is 10.8. The molecule has 59 heavy (non-hydrogen) atoms. The monoisotopic (exact) mass is 832 g/mol. The number of carbonyl (C=O) groups is 2. The minimum Gasteiger partial charge on any atom is -0.494 e. The predicted octanol–water partition coefficient (Wildman–Crippen LogP) is 10.1. The zero-order chi connectivity index (χ0) is 41.9. The van der Waals surface area contributed by atoms with Crippen LogP contribution in [0.3, 0.4) is 0 Å². The Hall–Kier alpha value is -5.62. The van der Waals surface area contributed by atoms with Gasteiger partial charge in [0.1, 0.15) is 17.1 Å². The Balaban J connectivity index is 1.31. The fraction of sp³-hybridized carbons (Fsp3) is 0.304. The third-order valence-corrected chi connectivity index (χ3v) is 12.4. The maximum Gasteiger partial charge on any atom is 0.352 e. The van der Waals surface area contributed by atoms with Gasteiger partial charge in [-0.25, -0.2) is 4.79 Å². The highest BCUT2D eigenvalue weighted by molar-refractivity contribution is 6.35. The first-order valence-corrected chi connectivity index (χ1v) is 20.4. The molecule has 0 aliphatic carbocycles. The first kappa shape index (κ1) is 40.2. The number of carbonyl (C=O) groups excluding carboxylic acids is 1. The van der Waals surface area contributed by atoms with Crippen molar-refractivity contribution in [2.75, 3.05) is 25.2 Å². The van der Waals surface area contributed by atoms with E-state index in [1.165, 1.54) is 0 Å². The summed E-state index contributed by atoms with van der Waals surface area (Å²) in [5, 5.41) is 18.1. The quantitative estimate of drug-likeness (QED) is 0.122. The number of methoxy groups -OCH3 is 1. The lowest BCUT2D eigenvalue weighted by Gasteiger charge is -2.35. The Morgan fingerprint density at radius 2 is 1.75 bits per heavy atom. The van der Waals surface area contributed by atoms with Gasteiger partial charge in [-0.2, -0.15) is 5.10 Å². The molecule has 0 spiro atoms. The maximum absolute atomic E-state index is 15.6. The summed E-state index contributed by atoms with van der Waals surface area (Å²) in [5.74, 6) is -0.525. The van der Waals surface area contributed by atoms with Gasteiger partial charge in [-0.3, -0.25) is 14.5 Å². The Bertz CT molecular complexity index is 2780. The van der Waals surface area contributed by atoms with E-state index in [1.54, 1.807) is 23.9 Å². The summed E-state index contributed by atoms with van der Waals surface area (Å²) in [6.07, 6.45) is 2.85. The van der Waals surface area contributed by atoms with Crippen LogP contribution in [-0.2, 0) is 31.4 Å². The van der Waals surface area contributed by atoms with E-state index in [4.69, 9.17) is 37.8 Å². The number of nitrogens with zero attached hydrogens (tertiary/aromatic N) is 6. The van der Waals surface area contributed by atoms with Crippen LogP contribution in [0.2, 0.25) is 10.0 Å². The van der Waals surface area contributed by atoms with E-state index in [1.807, 2.05) is 98.9 Å². The zero-order valence-corrected chi connectivity index (χ0v) is 35.7. The highest BCUT2D eigenvalue weighted by atomic mass is 35.5. The topological polar surface area (TPSA) is 117 Å². The summed E-state index contributed by atoms with van der Waals surface area (Å²) in [4.78, 5) is 34.7. The molecule has 0 bridgehead atoms. The molecule has 3 aromatic carbocycles. The Labute approximate surface area is 352 Å². The molecule has 1 amide bonds. The molecule has 304 valence electrons. The molecule has 1 atom stereocenters. The molecule has 0 fully saturated rings. The summed E-state index contributed by atoms with van der Waals surface area (Å²) in [5.41, 5.74) is 10.7. The molecule has 11 nitrogen and oxygen atoms in total. The number of rotatable bonds is 12. The van der Waals surface area contributed by atoms with E-state index in [2.05, 4.69) is 16.5 Å². The van der Waals surface area contributed by atoms with Gasteiger partial charge in [0, 0.05) is 65.6 Å². The predicted molar refractivity (Wildman–Crippen MR) is 233 cm³/mol. The molecule has 5 heterocycles. The number of carboxylic acid groups (broad SMARTS) is 1. The van der Waals surface area contributed by atoms with Crippen molar-refractivity contribution >= 4 is 62.6 Å². The van der Waals surface area contributed by atoms with Gasteiger partial charge in [-0.1, -0.05) is 35.3 Å². The van der Waals surface area contributed by atoms with Crippen molar-refractivity contribution in [2.45, 2.75) is 66.7 Å². The molecular formula is C46H46Cl2N6O5. The Morgan fingerprint density at radius 3 is 2.41 bits per heavy atom. The normalized spacial score (nSPS) is 14.2. The summed E-state index contributed by atoms with van der Waals surface area (Å²) in [6, 6.07) is 18.7. The fourth-order valence-corrected chi connectivity index (χ4v) is 9.20. The van der Waals surface area contributed by atoms with Crippen molar-refractivity contribution < 1.29 is 24.2 Å². The lowest BCUT2D eigenvalue weighted by Crippen LogP contribution is -2.43. The van der Waals surface area contributed by atoms with E-state index in [0.29, 0.717) is 59.0 Å². The van der Waals surface area contributed by atoms with Crippen molar-refractivity contribution in [1.29, 1.82) is 0 Å². The number of anilines is 1. The molecule has 1 N–H and O–H groups in total.